The first kappa shape index (κ1) is 20.7. The van der Waals surface area contributed by atoms with E-state index in [1.807, 2.05) is 61.7 Å². The number of hydrogen-bond donors (Lipinski definition) is 1. The summed E-state index contributed by atoms with van der Waals surface area (Å²) in [5, 5.41) is 5.60. The van der Waals surface area contributed by atoms with E-state index < -0.39 is 0 Å². The van der Waals surface area contributed by atoms with E-state index in [1.54, 1.807) is 14.2 Å². The van der Waals surface area contributed by atoms with Crippen LogP contribution in [0.15, 0.2) is 47.8 Å². The van der Waals surface area contributed by atoms with Crippen LogP contribution in [-0.4, -0.2) is 31.2 Å². The van der Waals surface area contributed by atoms with Crippen LogP contribution in [0.4, 0.5) is 5.69 Å². The van der Waals surface area contributed by atoms with Gasteiger partial charge >= 0.3 is 0 Å². The van der Waals surface area contributed by atoms with E-state index >= 15 is 0 Å². The minimum atomic E-state index is -0.119. The second kappa shape index (κ2) is 9.43. The van der Waals surface area contributed by atoms with Gasteiger partial charge in [-0.25, -0.2) is 4.98 Å². The van der Waals surface area contributed by atoms with Crippen molar-refractivity contribution >= 4 is 22.9 Å². The van der Waals surface area contributed by atoms with Crippen LogP contribution < -0.4 is 19.5 Å². The minimum absolute atomic E-state index is 0.111. The van der Waals surface area contributed by atoms with Crippen molar-refractivity contribution in [2.45, 2.75) is 26.4 Å². The number of methoxy groups -OCH3 is 2. The van der Waals surface area contributed by atoms with Gasteiger partial charge in [0.05, 0.1) is 32.4 Å². The predicted octanol–water partition coefficient (Wildman–Crippen LogP) is 4.80. The number of thiazole rings is 1. The first-order chi connectivity index (χ1) is 14.0. The van der Waals surface area contributed by atoms with Crippen LogP contribution >= 0.6 is 11.3 Å². The highest BCUT2D eigenvalue weighted by Gasteiger charge is 2.12. The minimum Gasteiger partial charge on any atom is -0.493 e. The van der Waals surface area contributed by atoms with E-state index in [2.05, 4.69) is 10.3 Å². The summed E-state index contributed by atoms with van der Waals surface area (Å²) in [6.07, 6.45) is 0.314. The zero-order valence-electron chi connectivity index (χ0n) is 16.9. The molecule has 3 rings (SSSR count). The van der Waals surface area contributed by atoms with Gasteiger partial charge in [0.25, 0.3) is 0 Å². The van der Waals surface area contributed by atoms with Crippen molar-refractivity contribution in [3.8, 4) is 27.8 Å². The van der Waals surface area contributed by atoms with Crippen LogP contribution in [-0.2, 0) is 11.2 Å². The fourth-order valence-corrected chi connectivity index (χ4v) is 3.57. The fourth-order valence-electron chi connectivity index (χ4n) is 2.75. The van der Waals surface area contributed by atoms with E-state index in [0.717, 1.165) is 27.7 Å². The first-order valence-corrected chi connectivity index (χ1v) is 10.1. The molecule has 0 saturated carbocycles. The highest BCUT2D eigenvalue weighted by molar-refractivity contribution is 7.13. The number of benzene rings is 2. The number of aromatic nitrogens is 1. The molecule has 0 aliphatic carbocycles. The van der Waals surface area contributed by atoms with Crippen molar-refractivity contribution in [1.82, 2.24) is 4.98 Å². The smallest absolute Gasteiger partial charge is 0.230 e. The lowest BCUT2D eigenvalue weighted by atomic mass is 10.2. The third-order valence-corrected chi connectivity index (χ3v) is 4.97. The van der Waals surface area contributed by atoms with E-state index in [-0.39, 0.29) is 18.4 Å². The normalized spacial score (nSPS) is 10.7. The molecule has 2 aromatic carbocycles. The van der Waals surface area contributed by atoms with E-state index in [1.165, 1.54) is 11.3 Å². The Balaban J connectivity index is 1.63. The fraction of sp³-hybridized carbons (Fsp3) is 0.273. The maximum Gasteiger partial charge on any atom is 0.230 e. The summed E-state index contributed by atoms with van der Waals surface area (Å²) in [5.74, 6) is 1.96. The molecule has 6 nitrogen and oxygen atoms in total. The van der Waals surface area contributed by atoms with Crippen LogP contribution in [0.5, 0.6) is 17.2 Å². The molecule has 0 atom stereocenters. The van der Waals surface area contributed by atoms with E-state index in [9.17, 15) is 4.79 Å². The van der Waals surface area contributed by atoms with Crippen molar-refractivity contribution < 1.29 is 19.0 Å². The van der Waals surface area contributed by atoms with E-state index in [4.69, 9.17) is 14.2 Å². The molecule has 1 heterocycles. The average molecular weight is 413 g/mol. The Morgan fingerprint density at radius 1 is 1.07 bits per heavy atom. The second-order valence-corrected chi connectivity index (χ2v) is 7.49. The first-order valence-electron chi connectivity index (χ1n) is 9.22. The summed E-state index contributed by atoms with van der Waals surface area (Å²) in [6.45, 7) is 3.94. The molecule has 0 aliphatic heterocycles. The predicted molar refractivity (Wildman–Crippen MR) is 115 cm³/mol. The van der Waals surface area contributed by atoms with Gasteiger partial charge in [-0.15, -0.1) is 11.3 Å². The topological polar surface area (TPSA) is 69.7 Å². The molecular weight excluding hydrogens is 388 g/mol. The van der Waals surface area contributed by atoms with Gasteiger partial charge < -0.3 is 19.5 Å². The number of carbonyl (C=O) groups is 1. The lowest BCUT2D eigenvalue weighted by molar-refractivity contribution is -0.115. The molecule has 3 aromatic rings. The number of nitrogens with zero attached hydrogens (tertiary/aromatic N) is 1. The molecule has 0 aliphatic rings. The summed E-state index contributed by atoms with van der Waals surface area (Å²) in [4.78, 5) is 16.9. The maximum atomic E-state index is 12.4. The molecule has 152 valence electrons. The highest BCUT2D eigenvalue weighted by Crippen LogP contribution is 2.33. The Bertz CT molecular complexity index is 967. The summed E-state index contributed by atoms with van der Waals surface area (Å²) < 4.78 is 16.2. The molecule has 0 spiro atoms. The Kier molecular flexibility index (Phi) is 6.72. The quantitative estimate of drug-likeness (QED) is 0.576. The van der Waals surface area contributed by atoms with Crippen molar-refractivity contribution in [3.63, 3.8) is 0 Å². The zero-order chi connectivity index (χ0) is 20.8. The van der Waals surface area contributed by atoms with Gasteiger partial charge in [-0.2, -0.15) is 0 Å². The molecule has 1 aromatic heterocycles. The Morgan fingerprint density at radius 3 is 2.45 bits per heavy atom. The number of carbonyl (C=O) groups excluding carboxylic acids is 1. The zero-order valence-corrected chi connectivity index (χ0v) is 17.7. The van der Waals surface area contributed by atoms with Gasteiger partial charge in [-0.05, 0) is 56.3 Å². The van der Waals surface area contributed by atoms with Crippen LogP contribution in [0.2, 0.25) is 0 Å². The molecule has 0 unspecified atom stereocenters. The summed E-state index contributed by atoms with van der Waals surface area (Å²) in [7, 11) is 3.20. The lowest BCUT2D eigenvalue weighted by Crippen LogP contribution is -2.14. The van der Waals surface area contributed by atoms with Crippen LogP contribution in [0.3, 0.4) is 0 Å². The van der Waals surface area contributed by atoms with Crippen molar-refractivity contribution in [2.24, 2.45) is 0 Å². The molecule has 7 heteroatoms. The lowest BCUT2D eigenvalue weighted by Gasteiger charge is -2.10. The van der Waals surface area contributed by atoms with Crippen molar-refractivity contribution in [2.75, 3.05) is 19.5 Å². The molecule has 29 heavy (non-hydrogen) atoms. The van der Waals surface area contributed by atoms with Crippen LogP contribution in [0.25, 0.3) is 10.6 Å². The number of anilines is 1. The number of amides is 1. The Hall–Kier alpha value is -3.06. The third-order valence-electron chi connectivity index (χ3n) is 4.03. The van der Waals surface area contributed by atoms with Gasteiger partial charge in [0.15, 0.2) is 11.5 Å². The number of hydrogen-bond acceptors (Lipinski definition) is 6. The molecule has 0 bridgehead atoms. The highest BCUT2D eigenvalue weighted by atomic mass is 32.1. The third kappa shape index (κ3) is 5.48. The summed E-state index contributed by atoms with van der Waals surface area (Å²) >= 11 is 1.49. The van der Waals surface area contributed by atoms with Gasteiger partial charge in [0.1, 0.15) is 10.8 Å². The standard InChI is InChI=1S/C22H24N2O4S/c1-14(2)28-18-8-6-16(7-9-18)23-21(25)12-17-13-29-22(24-17)15-5-10-19(26-3)20(11-15)27-4/h5-11,13-14H,12H2,1-4H3,(H,23,25). The Labute approximate surface area is 174 Å². The maximum absolute atomic E-state index is 12.4. The van der Waals surface area contributed by atoms with Crippen molar-refractivity contribution in [3.05, 3.63) is 53.5 Å². The molecule has 1 amide bonds. The number of ether oxygens (including phenoxy) is 3. The van der Waals surface area contributed by atoms with Gasteiger partial charge in [0, 0.05) is 16.6 Å². The van der Waals surface area contributed by atoms with Crippen LogP contribution in [0, 0.1) is 0 Å². The largest absolute Gasteiger partial charge is 0.493 e. The van der Waals surface area contributed by atoms with Gasteiger partial charge in [0.2, 0.25) is 5.91 Å². The molecular formula is C22H24N2O4S. The van der Waals surface area contributed by atoms with Crippen LogP contribution in [0.1, 0.15) is 19.5 Å². The number of nitrogens with one attached hydrogen (secondary N) is 1. The number of rotatable bonds is 8. The van der Waals surface area contributed by atoms with E-state index in [0.29, 0.717) is 11.5 Å². The Morgan fingerprint density at radius 2 is 1.79 bits per heavy atom. The SMILES string of the molecule is COc1ccc(-c2nc(CC(=O)Nc3ccc(OC(C)C)cc3)cs2)cc1OC. The summed E-state index contributed by atoms with van der Waals surface area (Å²) in [5.41, 5.74) is 2.36. The molecule has 1 N–H and O–H groups in total. The average Bonchev–Trinajstić information content (AvgIpc) is 3.16. The van der Waals surface area contributed by atoms with Crippen molar-refractivity contribution in [1.29, 1.82) is 0 Å². The second-order valence-electron chi connectivity index (χ2n) is 6.63. The van der Waals surface area contributed by atoms with Gasteiger partial charge in [-0.3, -0.25) is 4.79 Å². The molecule has 0 radical (unpaired) electrons. The molecule has 0 fully saturated rings. The molecule has 0 saturated heterocycles. The monoisotopic (exact) mass is 412 g/mol. The van der Waals surface area contributed by atoms with Gasteiger partial charge in [-0.1, -0.05) is 0 Å². The summed E-state index contributed by atoms with van der Waals surface area (Å²) in [6, 6.07) is 13.0.